The maximum atomic E-state index is 9.01. The molecule has 0 spiro atoms. The monoisotopic (exact) mass is 318 g/mol. The minimum absolute atomic E-state index is 0. The predicted octanol–water partition coefficient (Wildman–Crippen LogP) is -12.3. The van der Waals surface area contributed by atoms with Gasteiger partial charge in [0.25, 0.3) is 0 Å². The van der Waals surface area contributed by atoms with Crippen molar-refractivity contribution in [1.82, 2.24) is 0 Å². The van der Waals surface area contributed by atoms with E-state index in [9.17, 15) is 0 Å². The van der Waals surface area contributed by atoms with Crippen molar-refractivity contribution in [3.8, 4) is 0 Å². The van der Waals surface area contributed by atoms with Crippen molar-refractivity contribution in [2.24, 2.45) is 0 Å². The van der Waals surface area contributed by atoms with Gasteiger partial charge < -0.3 is 0 Å². The normalized spacial score (nSPS) is 7.38. The number of hydrogen-bond acceptors (Lipinski definition) is 4. The first kappa shape index (κ1) is 23.6. The van der Waals surface area contributed by atoms with Crippen molar-refractivity contribution >= 4 is 27.3 Å². The summed E-state index contributed by atoms with van der Waals surface area (Å²) in [6.45, 7) is 0. The van der Waals surface area contributed by atoms with Crippen LogP contribution in [0.1, 0.15) is 0 Å². The molecule has 0 aromatic carbocycles. The molecule has 0 atom stereocenters. The Balaban J connectivity index is -0.0000000267. The Morgan fingerprint density at radius 3 is 0.875 bits per heavy atom. The molecular formula is K3O3SSb. The zero-order chi connectivity index (χ0) is 4.50. The molecule has 32 valence electrons. The summed E-state index contributed by atoms with van der Waals surface area (Å²) in [6.07, 6.45) is 0. The van der Waals surface area contributed by atoms with Gasteiger partial charge >= 0.3 is 192 Å². The number of rotatable bonds is 0. The SMILES string of the molecule is [K+].[K+].[K+].[O-][Sb]([O-])([O-])=[S]. The standard InChI is InChI=1S/3K.3O.S.Sb/q3*+1;3*-1;;. The van der Waals surface area contributed by atoms with Gasteiger partial charge in [-0.05, 0) is 0 Å². The van der Waals surface area contributed by atoms with Crippen LogP contribution in [-0.4, -0.2) is 18.1 Å². The fraction of sp³-hybridized carbons (Fsp3) is 0. The first-order chi connectivity index (χ1) is 2.00. The van der Waals surface area contributed by atoms with Gasteiger partial charge in [0.15, 0.2) is 0 Å². The first-order valence-corrected chi connectivity index (χ1v) is 7.35. The quantitative estimate of drug-likeness (QED) is 0.416. The molecule has 0 rings (SSSR count). The zero-order valence-electron chi connectivity index (χ0n) is 5.08. The van der Waals surface area contributed by atoms with Gasteiger partial charge in [0.2, 0.25) is 0 Å². The van der Waals surface area contributed by atoms with Gasteiger partial charge in [0, 0.05) is 0 Å². The van der Waals surface area contributed by atoms with Gasteiger partial charge in [-0.15, -0.1) is 0 Å². The van der Waals surface area contributed by atoms with Crippen molar-refractivity contribution in [2.45, 2.75) is 0 Å². The predicted molar refractivity (Wildman–Crippen MR) is 13.3 cm³/mol. The van der Waals surface area contributed by atoms with Crippen LogP contribution in [0.4, 0.5) is 0 Å². The van der Waals surface area contributed by atoms with Crippen molar-refractivity contribution in [2.75, 3.05) is 0 Å². The van der Waals surface area contributed by atoms with Crippen molar-refractivity contribution < 1.29 is 164 Å². The summed E-state index contributed by atoms with van der Waals surface area (Å²) in [5.41, 5.74) is 0. The molecule has 0 radical (unpaired) electrons. The molecule has 0 aromatic rings. The van der Waals surface area contributed by atoms with Crippen LogP contribution in [0.15, 0.2) is 0 Å². The molecule has 0 aromatic heterocycles. The molecule has 8 heteroatoms. The molecule has 0 aliphatic heterocycles. The second-order valence-electron chi connectivity index (χ2n) is 0.447. The molecule has 0 aliphatic carbocycles. The third kappa shape index (κ3) is 40.8. The summed E-state index contributed by atoms with van der Waals surface area (Å²) in [6, 6.07) is 0. The Morgan fingerprint density at radius 2 is 0.875 bits per heavy atom. The van der Waals surface area contributed by atoms with Crippen molar-refractivity contribution in [3.63, 3.8) is 0 Å². The van der Waals surface area contributed by atoms with Crippen LogP contribution >= 0.6 is 9.19 Å². The molecule has 0 heterocycles. The van der Waals surface area contributed by atoms with Gasteiger partial charge in [-0.2, -0.15) is 0 Å². The third-order valence-electron chi connectivity index (χ3n) is 0. The summed E-state index contributed by atoms with van der Waals surface area (Å²) < 4.78 is 27.0. The minimum atomic E-state index is -5.27. The molecule has 0 saturated heterocycles. The number of hydrogen-bond donors (Lipinski definition) is 0. The first-order valence-electron chi connectivity index (χ1n) is 0.730. The van der Waals surface area contributed by atoms with E-state index in [-0.39, 0.29) is 154 Å². The molecule has 0 aliphatic rings. The molecule has 0 fully saturated rings. The van der Waals surface area contributed by atoms with Gasteiger partial charge in [-0.1, -0.05) is 0 Å². The van der Waals surface area contributed by atoms with Crippen LogP contribution in [-0.2, 0) is 0 Å². The third-order valence-corrected chi connectivity index (χ3v) is 0. The Morgan fingerprint density at radius 1 is 0.875 bits per heavy atom. The summed E-state index contributed by atoms with van der Waals surface area (Å²) >= 11 is -5.27. The van der Waals surface area contributed by atoms with E-state index in [0.29, 0.717) is 0 Å². The molecule has 3 nitrogen and oxygen atoms in total. The van der Waals surface area contributed by atoms with Gasteiger partial charge in [-0.3, -0.25) is 0 Å². The van der Waals surface area contributed by atoms with E-state index in [1.54, 1.807) is 0 Å². The average molecular weight is 319 g/mol. The van der Waals surface area contributed by atoms with E-state index in [2.05, 4.69) is 9.19 Å². The molecule has 8 heavy (non-hydrogen) atoms. The fourth-order valence-corrected chi connectivity index (χ4v) is 0. The maximum absolute atomic E-state index is 9.01. The second-order valence-corrected chi connectivity index (χ2v) is 6.00. The topological polar surface area (TPSA) is 69.2 Å². The van der Waals surface area contributed by atoms with Crippen LogP contribution in [0.25, 0.3) is 0 Å². The molecule has 0 saturated carbocycles. The van der Waals surface area contributed by atoms with Gasteiger partial charge in [-0.25, -0.2) is 0 Å². The van der Waals surface area contributed by atoms with E-state index in [1.807, 2.05) is 0 Å². The van der Waals surface area contributed by atoms with Gasteiger partial charge in [0.05, 0.1) is 0 Å². The van der Waals surface area contributed by atoms with Crippen LogP contribution in [0.5, 0.6) is 0 Å². The summed E-state index contributed by atoms with van der Waals surface area (Å²) in [4.78, 5) is 0. The Labute approximate surface area is 184 Å². The van der Waals surface area contributed by atoms with Crippen LogP contribution < -0.4 is 164 Å². The molecule has 0 N–H and O–H groups in total. The summed E-state index contributed by atoms with van der Waals surface area (Å²) in [5, 5.41) is 0. The van der Waals surface area contributed by atoms with Crippen LogP contribution in [0.3, 0.4) is 0 Å². The summed E-state index contributed by atoms with van der Waals surface area (Å²) in [7, 11) is 3.36. The second kappa shape index (κ2) is 12.8. The Hall–Kier alpha value is 5.83. The van der Waals surface area contributed by atoms with Crippen LogP contribution in [0, 0.1) is 0 Å². The van der Waals surface area contributed by atoms with Crippen molar-refractivity contribution in [1.29, 1.82) is 0 Å². The molecule has 0 unspecified atom stereocenters. The van der Waals surface area contributed by atoms with E-state index < -0.39 is 18.1 Å². The Kier molecular flexibility index (Phi) is 37.8. The van der Waals surface area contributed by atoms with Gasteiger partial charge in [0.1, 0.15) is 0 Å². The molecule has 0 bridgehead atoms. The molecular weight excluding hydrogens is 319 g/mol. The van der Waals surface area contributed by atoms with E-state index >= 15 is 0 Å². The van der Waals surface area contributed by atoms with Crippen molar-refractivity contribution in [3.05, 3.63) is 0 Å². The molecule has 0 amide bonds. The Bertz CT molecular complexity index is 60.7. The summed E-state index contributed by atoms with van der Waals surface area (Å²) in [5.74, 6) is 0. The van der Waals surface area contributed by atoms with E-state index in [1.165, 1.54) is 0 Å². The average Bonchev–Trinajstić information content (AvgIpc) is 0.722. The van der Waals surface area contributed by atoms with E-state index in [0.717, 1.165) is 0 Å². The van der Waals surface area contributed by atoms with Crippen LogP contribution in [0.2, 0.25) is 0 Å². The van der Waals surface area contributed by atoms with E-state index in [4.69, 9.17) is 10.2 Å². The zero-order valence-corrected chi connectivity index (χ0v) is 17.8. The fourth-order valence-electron chi connectivity index (χ4n) is 0.